The summed E-state index contributed by atoms with van der Waals surface area (Å²) in [5, 5.41) is 6.68. The summed E-state index contributed by atoms with van der Waals surface area (Å²) in [5.74, 6) is 0.742. The summed E-state index contributed by atoms with van der Waals surface area (Å²) < 4.78 is 41.4. The zero-order chi connectivity index (χ0) is 22.4. The minimum absolute atomic E-state index is 0. The third-order valence-electron chi connectivity index (χ3n) is 4.68. The van der Waals surface area contributed by atoms with Crippen LogP contribution >= 0.6 is 24.0 Å². The van der Waals surface area contributed by atoms with Crippen molar-refractivity contribution in [2.75, 3.05) is 32.8 Å². The molecule has 5 nitrogen and oxygen atoms in total. The van der Waals surface area contributed by atoms with Crippen molar-refractivity contribution in [2.45, 2.75) is 65.9 Å². The number of ether oxygens (including phenoxy) is 1. The lowest BCUT2D eigenvalue weighted by atomic mass is 10.1. The molecule has 0 radical (unpaired) electrons. The lowest BCUT2D eigenvalue weighted by Gasteiger charge is -2.21. The number of benzene rings is 1. The molecule has 0 saturated carbocycles. The van der Waals surface area contributed by atoms with Crippen LogP contribution in [0.3, 0.4) is 0 Å². The maximum absolute atomic E-state index is 12.2. The Labute approximate surface area is 202 Å². The van der Waals surface area contributed by atoms with Crippen LogP contribution in [0.25, 0.3) is 0 Å². The number of aliphatic imine (C=N–C) groups is 1. The van der Waals surface area contributed by atoms with Crippen molar-refractivity contribution < 1.29 is 17.9 Å². The summed E-state index contributed by atoms with van der Waals surface area (Å²) in [6, 6.07) is 7.60. The van der Waals surface area contributed by atoms with Crippen molar-refractivity contribution in [1.82, 2.24) is 15.5 Å². The molecule has 31 heavy (non-hydrogen) atoms. The SMILES string of the molecule is CCNC(=NCc1cccc(COCC(F)(F)F)c1)NC(C)CCCN(CC)CC.I. The molecule has 0 amide bonds. The van der Waals surface area contributed by atoms with Crippen LogP contribution in [0.2, 0.25) is 0 Å². The second kappa shape index (κ2) is 16.5. The van der Waals surface area contributed by atoms with E-state index in [-0.39, 0.29) is 30.6 Å². The van der Waals surface area contributed by atoms with Gasteiger partial charge in [-0.25, -0.2) is 4.99 Å². The van der Waals surface area contributed by atoms with E-state index in [1.54, 1.807) is 6.07 Å². The van der Waals surface area contributed by atoms with Crippen LogP contribution in [0.5, 0.6) is 0 Å². The highest BCUT2D eigenvalue weighted by atomic mass is 127. The Bertz CT molecular complexity index is 625. The first-order valence-electron chi connectivity index (χ1n) is 10.8. The summed E-state index contributed by atoms with van der Waals surface area (Å²) in [6.45, 7) is 11.6. The van der Waals surface area contributed by atoms with Gasteiger partial charge in [-0.2, -0.15) is 13.2 Å². The lowest BCUT2D eigenvalue weighted by molar-refractivity contribution is -0.176. The highest BCUT2D eigenvalue weighted by Crippen LogP contribution is 2.16. The monoisotopic (exact) mass is 558 g/mol. The van der Waals surface area contributed by atoms with Crippen LogP contribution in [-0.4, -0.2) is 55.9 Å². The van der Waals surface area contributed by atoms with Crippen molar-refractivity contribution in [3.8, 4) is 0 Å². The van der Waals surface area contributed by atoms with Gasteiger partial charge in [0, 0.05) is 12.6 Å². The Balaban J connectivity index is 0.00000900. The quantitative estimate of drug-likeness (QED) is 0.205. The molecule has 0 aliphatic carbocycles. The summed E-state index contributed by atoms with van der Waals surface area (Å²) in [5.41, 5.74) is 1.63. The predicted molar refractivity (Wildman–Crippen MR) is 132 cm³/mol. The van der Waals surface area contributed by atoms with Gasteiger partial charge in [-0.1, -0.05) is 38.1 Å². The number of hydrogen-bond acceptors (Lipinski definition) is 3. The Hall–Kier alpha value is -1.07. The van der Waals surface area contributed by atoms with Gasteiger partial charge in [0.15, 0.2) is 5.96 Å². The topological polar surface area (TPSA) is 48.9 Å². The van der Waals surface area contributed by atoms with Gasteiger partial charge in [-0.15, -0.1) is 24.0 Å². The molecule has 0 bridgehead atoms. The van der Waals surface area contributed by atoms with E-state index in [2.05, 4.69) is 41.3 Å². The zero-order valence-electron chi connectivity index (χ0n) is 19.1. The van der Waals surface area contributed by atoms with Crippen LogP contribution < -0.4 is 10.6 Å². The van der Waals surface area contributed by atoms with Crippen molar-refractivity contribution in [2.24, 2.45) is 4.99 Å². The van der Waals surface area contributed by atoms with Crippen LogP contribution in [0, 0.1) is 0 Å². The lowest BCUT2D eigenvalue weighted by Crippen LogP contribution is -2.42. The van der Waals surface area contributed by atoms with Gasteiger partial charge in [-0.05, 0) is 57.5 Å². The number of rotatable bonds is 13. The average molecular weight is 558 g/mol. The smallest absolute Gasteiger partial charge is 0.367 e. The van der Waals surface area contributed by atoms with E-state index < -0.39 is 12.8 Å². The molecule has 0 aromatic heterocycles. The number of halogens is 4. The largest absolute Gasteiger partial charge is 0.411 e. The summed E-state index contributed by atoms with van der Waals surface area (Å²) in [4.78, 5) is 7.04. The Kier molecular flexibility index (Phi) is 16.0. The molecule has 0 fully saturated rings. The Morgan fingerprint density at radius 2 is 1.84 bits per heavy atom. The molecule has 2 N–H and O–H groups in total. The van der Waals surface area contributed by atoms with Crippen LogP contribution in [0.4, 0.5) is 13.2 Å². The number of hydrogen-bond donors (Lipinski definition) is 2. The molecule has 1 unspecified atom stereocenters. The summed E-state index contributed by atoms with van der Waals surface area (Å²) >= 11 is 0. The van der Waals surface area contributed by atoms with E-state index in [0.29, 0.717) is 18.2 Å². The maximum atomic E-state index is 12.2. The molecule has 1 aromatic rings. The fourth-order valence-electron chi connectivity index (χ4n) is 3.06. The van der Waals surface area contributed by atoms with Crippen molar-refractivity contribution in [1.29, 1.82) is 0 Å². The standard InChI is InChI=1S/C22H37F3N4O.HI/c1-5-26-21(28-18(4)10-9-13-29(6-2)7-3)27-15-19-11-8-12-20(14-19)16-30-17-22(23,24)25;/h8,11-12,14,18H,5-7,9-10,13,15-17H2,1-4H3,(H2,26,27,28);1H. The summed E-state index contributed by atoms with van der Waals surface area (Å²) in [7, 11) is 0. The minimum Gasteiger partial charge on any atom is -0.367 e. The van der Waals surface area contributed by atoms with E-state index in [9.17, 15) is 13.2 Å². The van der Waals surface area contributed by atoms with Gasteiger partial charge < -0.3 is 20.3 Å². The third-order valence-corrected chi connectivity index (χ3v) is 4.68. The molecule has 0 aliphatic heterocycles. The predicted octanol–water partition coefficient (Wildman–Crippen LogP) is 4.95. The van der Waals surface area contributed by atoms with Gasteiger partial charge in [0.25, 0.3) is 0 Å². The van der Waals surface area contributed by atoms with Gasteiger partial charge in [0.05, 0.1) is 13.2 Å². The maximum Gasteiger partial charge on any atom is 0.411 e. The van der Waals surface area contributed by atoms with E-state index in [4.69, 9.17) is 4.74 Å². The normalized spacial score (nSPS) is 13.1. The van der Waals surface area contributed by atoms with Gasteiger partial charge >= 0.3 is 6.18 Å². The van der Waals surface area contributed by atoms with Gasteiger partial charge in [0.2, 0.25) is 0 Å². The highest BCUT2D eigenvalue weighted by molar-refractivity contribution is 14.0. The molecule has 1 atom stereocenters. The first-order chi connectivity index (χ1) is 14.3. The van der Waals surface area contributed by atoms with E-state index in [1.165, 1.54) is 0 Å². The fraction of sp³-hybridized carbons (Fsp3) is 0.682. The van der Waals surface area contributed by atoms with Crippen molar-refractivity contribution >= 4 is 29.9 Å². The third kappa shape index (κ3) is 14.6. The molecule has 0 heterocycles. The molecule has 9 heteroatoms. The van der Waals surface area contributed by atoms with Crippen LogP contribution in [0.1, 0.15) is 51.7 Å². The van der Waals surface area contributed by atoms with E-state index >= 15 is 0 Å². The highest BCUT2D eigenvalue weighted by Gasteiger charge is 2.27. The second-order valence-corrected chi connectivity index (χ2v) is 7.34. The molecule has 1 rings (SSSR count). The van der Waals surface area contributed by atoms with E-state index in [1.807, 2.05) is 25.1 Å². The fourth-order valence-corrected chi connectivity index (χ4v) is 3.06. The van der Waals surface area contributed by atoms with Crippen molar-refractivity contribution in [3.05, 3.63) is 35.4 Å². The number of nitrogens with one attached hydrogen (secondary N) is 2. The average Bonchev–Trinajstić information content (AvgIpc) is 2.69. The molecule has 0 saturated heterocycles. The molecule has 1 aromatic carbocycles. The van der Waals surface area contributed by atoms with Crippen LogP contribution in [-0.2, 0) is 17.9 Å². The number of guanidine groups is 1. The molecular weight excluding hydrogens is 520 g/mol. The Morgan fingerprint density at radius 1 is 1.16 bits per heavy atom. The first kappa shape index (κ1) is 29.9. The minimum atomic E-state index is -4.31. The molecule has 0 spiro atoms. The Morgan fingerprint density at radius 3 is 2.45 bits per heavy atom. The molecule has 180 valence electrons. The second-order valence-electron chi connectivity index (χ2n) is 7.34. The first-order valence-corrected chi connectivity index (χ1v) is 10.8. The summed E-state index contributed by atoms with van der Waals surface area (Å²) in [6.07, 6.45) is -2.14. The zero-order valence-corrected chi connectivity index (χ0v) is 21.4. The number of alkyl halides is 3. The van der Waals surface area contributed by atoms with E-state index in [0.717, 1.165) is 50.5 Å². The van der Waals surface area contributed by atoms with Gasteiger partial charge in [0.1, 0.15) is 6.61 Å². The van der Waals surface area contributed by atoms with Crippen LogP contribution in [0.15, 0.2) is 29.3 Å². The molecular formula is C22H38F3IN4O. The number of nitrogens with zero attached hydrogens (tertiary/aromatic N) is 2. The molecule has 0 aliphatic rings. The van der Waals surface area contributed by atoms with Gasteiger partial charge in [-0.3, -0.25) is 0 Å². The van der Waals surface area contributed by atoms with Crippen molar-refractivity contribution in [3.63, 3.8) is 0 Å².